The van der Waals surface area contributed by atoms with Gasteiger partial charge in [0.1, 0.15) is 6.04 Å². The van der Waals surface area contributed by atoms with Gasteiger partial charge in [0.25, 0.3) is 5.91 Å². The molecule has 4 rings (SSSR count). The van der Waals surface area contributed by atoms with Gasteiger partial charge >= 0.3 is 0 Å². The molecule has 0 fully saturated rings. The Hall–Kier alpha value is -4.57. The van der Waals surface area contributed by atoms with Crippen LogP contribution in [-0.4, -0.2) is 60.8 Å². The standard InChI is InChI=1S/C33H37N5O4S/c1-22-18-23(2)35-33(34-22)43-21-30(39)38(20-24-10-8-7-9-11-24)31(25-12-17-28(41-5)29(19-25)42-6)32(40)36-26-13-15-27(16-14-26)37(3)4/h7-19,31H,20-21H2,1-6H3,(H,36,40)/t31-/m1/s1. The van der Waals surface area contributed by atoms with Crippen molar-refractivity contribution in [1.29, 1.82) is 0 Å². The van der Waals surface area contributed by atoms with Gasteiger partial charge in [0, 0.05) is 43.4 Å². The highest BCUT2D eigenvalue weighted by Crippen LogP contribution is 2.34. The van der Waals surface area contributed by atoms with Crippen LogP contribution in [0.4, 0.5) is 11.4 Å². The molecular weight excluding hydrogens is 562 g/mol. The molecule has 0 unspecified atom stereocenters. The van der Waals surface area contributed by atoms with Gasteiger partial charge in [0.15, 0.2) is 16.7 Å². The normalized spacial score (nSPS) is 11.4. The molecule has 224 valence electrons. The van der Waals surface area contributed by atoms with Gasteiger partial charge in [-0.3, -0.25) is 9.59 Å². The van der Waals surface area contributed by atoms with E-state index >= 15 is 0 Å². The molecule has 0 saturated heterocycles. The van der Waals surface area contributed by atoms with Gasteiger partial charge in [-0.05, 0) is 67.4 Å². The zero-order valence-corrected chi connectivity index (χ0v) is 26.1. The highest BCUT2D eigenvalue weighted by atomic mass is 32.2. The number of thioether (sulfide) groups is 1. The number of methoxy groups -OCH3 is 2. The van der Waals surface area contributed by atoms with Crippen molar-refractivity contribution in [1.82, 2.24) is 14.9 Å². The maximum atomic E-state index is 14.2. The van der Waals surface area contributed by atoms with Gasteiger partial charge in [0.05, 0.1) is 20.0 Å². The van der Waals surface area contributed by atoms with Crippen molar-refractivity contribution in [2.24, 2.45) is 0 Å². The molecule has 2 amide bonds. The first-order valence-electron chi connectivity index (χ1n) is 13.8. The van der Waals surface area contributed by atoms with Gasteiger partial charge in [-0.1, -0.05) is 48.2 Å². The van der Waals surface area contributed by atoms with Gasteiger partial charge < -0.3 is 24.6 Å². The minimum Gasteiger partial charge on any atom is -0.493 e. The molecule has 0 aliphatic carbocycles. The van der Waals surface area contributed by atoms with E-state index in [-0.39, 0.29) is 24.1 Å². The molecule has 1 atom stereocenters. The zero-order valence-electron chi connectivity index (χ0n) is 25.3. The average Bonchev–Trinajstić information content (AvgIpc) is 2.99. The molecule has 0 radical (unpaired) electrons. The topological polar surface area (TPSA) is 96.9 Å². The van der Waals surface area contributed by atoms with E-state index in [1.54, 1.807) is 30.2 Å². The lowest BCUT2D eigenvalue weighted by Gasteiger charge is -2.32. The van der Waals surface area contributed by atoms with E-state index < -0.39 is 6.04 Å². The number of carbonyl (C=O) groups is 2. The third-order valence-corrected chi connectivity index (χ3v) is 7.57. The fourth-order valence-electron chi connectivity index (χ4n) is 4.62. The number of carbonyl (C=O) groups excluding carboxylic acids is 2. The molecular formula is C33H37N5O4S. The van der Waals surface area contributed by atoms with E-state index in [2.05, 4.69) is 15.3 Å². The SMILES string of the molecule is COc1ccc([C@H](C(=O)Nc2ccc(N(C)C)cc2)N(Cc2ccccc2)C(=O)CSc2nc(C)cc(C)n2)cc1OC. The largest absolute Gasteiger partial charge is 0.493 e. The number of aryl methyl sites for hydroxylation is 2. The summed E-state index contributed by atoms with van der Waals surface area (Å²) < 4.78 is 11.0. The lowest BCUT2D eigenvalue weighted by atomic mass is 10.0. The summed E-state index contributed by atoms with van der Waals surface area (Å²) in [6.07, 6.45) is 0. The van der Waals surface area contributed by atoms with Crippen LogP contribution < -0.4 is 19.7 Å². The Kier molecular flexibility index (Phi) is 10.6. The monoisotopic (exact) mass is 599 g/mol. The first-order valence-corrected chi connectivity index (χ1v) is 14.8. The molecule has 0 saturated carbocycles. The number of ether oxygens (including phenoxy) is 2. The van der Waals surface area contributed by atoms with Gasteiger partial charge in [-0.15, -0.1) is 0 Å². The molecule has 9 nitrogen and oxygen atoms in total. The predicted molar refractivity (Wildman–Crippen MR) is 171 cm³/mol. The summed E-state index contributed by atoms with van der Waals surface area (Å²) in [7, 11) is 7.00. The molecule has 43 heavy (non-hydrogen) atoms. The molecule has 1 aromatic heterocycles. The number of amides is 2. The molecule has 0 bridgehead atoms. The van der Waals surface area contributed by atoms with Crippen molar-refractivity contribution in [3.05, 3.63) is 101 Å². The number of hydrogen-bond donors (Lipinski definition) is 1. The van der Waals surface area contributed by atoms with E-state index in [9.17, 15) is 9.59 Å². The third kappa shape index (κ3) is 8.26. The molecule has 0 aliphatic heterocycles. The maximum Gasteiger partial charge on any atom is 0.251 e. The molecule has 4 aromatic rings. The molecule has 10 heteroatoms. The van der Waals surface area contributed by atoms with Crippen LogP contribution >= 0.6 is 11.8 Å². The number of anilines is 2. The number of nitrogens with one attached hydrogen (secondary N) is 1. The second-order valence-electron chi connectivity index (χ2n) is 10.2. The fraction of sp³-hybridized carbons (Fsp3) is 0.273. The van der Waals surface area contributed by atoms with E-state index in [0.717, 1.165) is 22.6 Å². The van der Waals surface area contributed by atoms with E-state index in [0.29, 0.717) is 27.9 Å². The minimum absolute atomic E-state index is 0.0460. The summed E-state index contributed by atoms with van der Waals surface area (Å²) in [6, 6.07) is 23.3. The molecule has 3 aromatic carbocycles. The Labute approximate surface area is 257 Å². The fourth-order valence-corrected chi connectivity index (χ4v) is 5.46. The summed E-state index contributed by atoms with van der Waals surface area (Å²) >= 11 is 1.25. The summed E-state index contributed by atoms with van der Waals surface area (Å²) in [6.45, 7) is 4.00. The third-order valence-electron chi connectivity index (χ3n) is 6.74. The number of hydrogen-bond acceptors (Lipinski definition) is 8. The lowest BCUT2D eigenvalue weighted by Crippen LogP contribution is -2.41. The first kappa shape index (κ1) is 31.4. The average molecular weight is 600 g/mol. The summed E-state index contributed by atoms with van der Waals surface area (Å²) in [5.41, 5.74) is 4.74. The van der Waals surface area contributed by atoms with E-state index in [4.69, 9.17) is 9.47 Å². The Balaban J connectivity index is 1.74. The van der Waals surface area contributed by atoms with Gasteiger partial charge in [-0.25, -0.2) is 9.97 Å². The smallest absolute Gasteiger partial charge is 0.251 e. The van der Waals surface area contributed by atoms with Crippen molar-refractivity contribution in [2.45, 2.75) is 31.6 Å². The van der Waals surface area contributed by atoms with Crippen LogP contribution in [0.5, 0.6) is 11.5 Å². The second-order valence-corrected chi connectivity index (χ2v) is 11.1. The predicted octanol–water partition coefficient (Wildman–Crippen LogP) is 5.68. The summed E-state index contributed by atoms with van der Waals surface area (Å²) in [5, 5.41) is 3.54. The quantitative estimate of drug-likeness (QED) is 0.164. The second kappa shape index (κ2) is 14.6. The summed E-state index contributed by atoms with van der Waals surface area (Å²) in [5.74, 6) is 0.423. The molecule has 1 N–H and O–H groups in total. The van der Waals surface area contributed by atoms with Crippen molar-refractivity contribution in [3.63, 3.8) is 0 Å². The molecule has 0 aliphatic rings. The van der Waals surface area contributed by atoms with Crippen LogP contribution in [0.25, 0.3) is 0 Å². The van der Waals surface area contributed by atoms with Crippen LogP contribution in [0.15, 0.2) is 84.0 Å². The molecule has 1 heterocycles. The van der Waals surface area contributed by atoms with Crippen LogP contribution in [0.2, 0.25) is 0 Å². The maximum absolute atomic E-state index is 14.2. The Morgan fingerprint density at radius 2 is 1.51 bits per heavy atom. The number of nitrogens with zero attached hydrogens (tertiary/aromatic N) is 4. The minimum atomic E-state index is -0.984. The van der Waals surface area contributed by atoms with E-state index in [1.165, 1.54) is 18.9 Å². The van der Waals surface area contributed by atoms with Crippen LogP contribution in [-0.2, 0) is 16.1 Å². The van der Waals surface area contributed by atoms with E-state index in [1.807, 2.05) is 93.5 Å². The van der Waals surface area contributed by atoms with Crippen LogP contribution in [0.1, 0.15) is 28.6 Å². The molecule has 0 spiro atoms. The first-order chi connectivity index (χ1) is 20.7. The van der Waals surface area contributed by atoms with Crippen LogP contribution in [0, 0.1) is 13.8 Å². The Morgan fingerprint density at radius 3 is 2.12 bits per heavy atom. The van der Waals surface area contributed by atoms with Crippen molar-refractivity contribution in [2.75, 3.05) is 44.3 Å². The number of aromatic nitrogens is 2. The van der Waals surface area contributed by atoms with Crippen molar-refractivity contribution < 1.29 is 19.1 Å². The van der Waals surface area contributed by atoms with Crippen molar-refractivity contribution >= 4 is 35.0 Å². The highest BCUT2D eigenvalue weighted by Gasteiger charge is 2.33. The van der Waals surface area contributed by atoms with Crippen molar-refractivity contribution in [3.8, 4) is 11.5 Å². The number of benzene rings is 3. The highest BCUT2D eigenvalue weighted by molar-refractivity contribution is 7.99. The number of rotatable bonds is 12. The zero-order chi connectivity index (χ0) is 30.9. The van der Waals surface area contributed by atoms with Gasteiger partial charge in [-0.2, -0.15) is 0 Å². The van der Waals surface area contributed by atoms with Gasteiger partial charge in [0.2, 0.25) is 5.91 Å². The Bertz CT molecular complexity index is 1530. The lowest BCUT2D eigenvalue weighted by molar-refractivity contribution is -0.137. The summed E-state index contributed by atoms with van der Waals surface area (Å²) in [4.78, 5) is 40.8. The Morgan fingerprint density at radius 1 is 0.860 bits per heavy atom. The van der Waals surface area contributed by atoms with Crippen LogP contribution in [0.3, 0.4) is 0 Å².